The molecule has 8 rings (SSSR count). The molecule has 242 valence electrons. The average Bonchev–Trinajstić information content (AvgIpc) is 3.65. The third-order valence-corrected chi connectivity index (χ3v) is 11.2. The van der Waals surface area contributed by atoms with Gasteiger partial charge < -0.3 is 25.0 Å². The number of nitriles is 1. The van der Waals surface area contributed by atoms with Crippen LogP contribution in [0.2, 0.25) is 0 Å². The molecule has 0 radical (unpaired) electrons. The summed E-state index contributed by atoms with van der Waals surface area (Å²) in [4.78, 5) is 11.9. The van der Waals surface area contributed by atoms with E-state index in [1.165, 1.54) is 0 Å². The van der Waals surface area contributed by atoms with Crippen LogP contribution in [0.5, 0.6) is 11.8 Å². The number of nitrogen functional groups attached to an aromatic ring is 1. The zero-order valence-corrected chi connectivity index (χ0v) is 26.2. The summed E-state index contributed by atoms with van der Waals surface area (Å²) >= 11 is 0. The molecule has 5 aliphatic rings. The van der Waals surface area contributed by atoms with Crippen LogP contribution in [0.25, 0.3) is 11.5 Å². The van der Waals surface area contributed by atoms with Crippen molar-refractivity contribution in [3.63, 3.8) is 0 Å². The molecule has 3 aromatic rings. The smallest absolute Gasteiger partial charge is 0.252 e. The summed E-state index contributed by atoms with van der Waals surface area (Å²) in [5.41, 5.74) is 9.57. The lowest BCUT2D eigenvalue weighted by Gasteiger charge is -2.58. The third-order valence-electron chi connectivity index (χ3n) is 11.2. The number of rotatable bonds is 6. The fourth-order valence-corrected chi connectivity index (χ4v) is 8.92. The lowest BCUT2D eigenvalue weighted by Crippen LogP contribution is -2.78. The highest BCUT2D eigenvalue weighted by atomic mass is 19.3. The Morgan fingerprint density at radius 3 is 2.63 bits per heavy atom. The molecule has 2 aromatic heterocycles. The number of halogens is 2. The first-order valence-corrected chi connectivity index (χ1v) is 16.5. The minimum atomic E-state index is -2.69. The minimum absolute atomic E-state index is 0.145. The van der Waals surface area contributed by atoms with E-state index in [0.717, 1.165) is 73.9 Å². The van der Waals surface area contributed by atoms with Gasteiger partial charge in [0.25, 0.3) is 5.92 Å². The van der Waals surface area contributed by atoms with Crippen LogP contribution >= 0.6 is 0 Å². The fraction of sp³-hybridized carbons (Fsp3) is 0.588. The molecule has 2 aliphatic heterocycles. The normalized spacial score (nSPS) is 28.1. The second-order valence-corrected chi connectivity index (χ2v) is 14.0. The largest absolute Gasteiger partial charge is 0.473 e. The summed E-state index contributed by atoms with van der Waals surface area (Å²) in [5.74, 6) is -1.03. The number of likely N-dealkylation sites (tertiary alicyclic amines) is 1. The molecule has 4 atom stereocenters. The Balaban J connectivity index is 1.18. The highest BCUT2D eigenvalue weighted by Gasteiger charge is 2.65. The first kappa shape index (κ1) is 29.6. The third kappa shape index (κ3) is 4.57. The van der Waals surface area contributed by atoms with Gasteiger partial charge in [-0.3, -0.25) is 4.90 Å². The first-order valence-electron chi connectivity index (χ1n) is 16.5. The van der Waals surface area contributed by atoms with Gasteiger partial charge in [0.05, 0.1) is 22.6 Å². The Kier molecular flexibility index (Phi) is 6.82. The molecule has 0 amide bonds. The van der Waals surface area contributed by atoms with E-state index in [1.54, 1.807) is 6.07 Å². The maximum Gasteiger partial charge on any atom is 0.252 e. The summed E-state index contributed by atoms with van der Waals surface area (Å²) in [6, 6.07) is 8.13. The second-order valence-electron chi connectivity index (χ2n) is 14.0. The molecule has 0 unspecified atom stereocenters. The second kappa shape index (κ2) is 10.6. The van der Waals surface area contributed by atoms with E-state index in [9.17, 15) is 14.0 Å². The number of benzene rings is 1. The van der Waals surface area contributed by atoms with Crippen LogP contribution in [0.4, 0.5) is 14.5 Å². The molecule has 3 aliphatic carbocycles. The summed E-state index contributed by atoms with van der Waals surface area (Å²) in [7, 11) is 2.10. The number of likely N-dealkylation sites (N-methyl/N-ethyl adjacent to an activating group) is 1. The topological polar surface area (TPSA) is 135 Å². The van der Waals surface area contributed by atoms with Crippen molar-refractivity contribution in [1.29, 1.82) is 5.26 Å². The maximum atomic E-state index is 13.9. The quantitative estimate of drug-likeness (QED) is 0.361. The fourth-order valence-electron chi connectivity index (χ4n) is 8.92. The van der Waals surface area contributed by atoms with E-state index in [2.05, 4.69) is 28.5 Å². The summed E-state index contributed by atoms with van der Waals surface area (Å²) < 4.78 is 46.7. The Bertz CT molecular complexity index is 1730. The lowest BCUT2D eigenvalue weighted by atomic mass is 9.61. The van der Waals surface area contributed by atoms with E-state index < -0.39 is 23.0 Å². The molecule has 3 N–H and O–H groups in total. The molecule has 3 fully saturated rings. The molecule has 1 aromatic carbocycles. The van der Waals surface area contributed by atoms with Gasteiger partial charge in [-0.2, -0.15) is 15.2 Å². The lowest BCUT2D eigenvalue weighted by molar-refractivity contribution is -0.193. The number of aromatic nitrogens is 3. The van der Waals surface area contributed by atoms with Gasteiger partial charge in [0.1, 0.15) is 18.3 Å². The van der Waals surface area contributed by atoms with Gasteiger partial charge in [-0.05, 0) is 89.1 Å². The highest BCUT2D eigenvalue weighted by molar-refractivity contribution is 5.67. The van der Waals surface area contributed by atoms with Crippen LogP contribution < -0.4 is 20.5 Å². The molecular weight excluding hydrogens is 592 g/mol. The molecule has 10 nitrogen and oxygen atoms in total. The summed E-state index contributed by atoms with van der Waals surface area (Å²) in [6.45, 7) is 3.51. The van der Waals surface area contributed by atoms with Crippen molar-refractivity contribution in [3.8, 4) is 29.3 Å². The van der Waals surface area contributed by atoms with Crippen molar-refractivity contribution >= 4 is 5.69 Å². The number of fused-ring (bicyclic) bond motifs is 4. The molecule has 2 saturated heterocycles. The zero-order chi connectivity index (χ0) is 31.8. The van der Waals surface area contributed by atoms with Gasteiger partial charge in [0.15, 0.2) is 17.3 Å². The van der Waals surface area contributed by atoms with Gasteiger partial charge in [-0.15, -0.1) is 0 Å². The molecular formula is C34H39F2N7O3. The van der Waals surface area contributed by atoms with Crippen molar-refractivity contribution in [1.82, 2.24) is 25.3 Å². The zero-order valence-electron chi connectivity index (χ0n) is 26.2. The number of alkyl halides is 2. The van der Waals surface area contributed by atoms with Gasteiger partial charge in [0, 0.05) is 36.7 Å². The van der Waals surface area contributed by atoms with E-state index in [1.807, 2.05) is 19.1 Å². The average molecular weight is 632 g/mol. The van der Waals surface area contributed by atoms with Gasteiger partial charge in [0.2, 0.25) is 11.8 Å². The molecule has 1 saturated carbocycles. The minimum Gasteiger partial charge on any atom is -0.473 e. The van der Waals surface area contributed by atoms with E-state index in [4.69, 9.17) is 29.7 Å². The van der Waals surface area contributed by atoms with Crippen LogP contribution in [0.15, 0.2) is 22.7 Å². The Morgan fingerprint density at radius 1 is 1.15 bits per heavy atom. The summed E-state index contributed by atoms with van der Waals surface area (Å²) in [6.07, 6.45) is 6.11. The number of anilines is 1. The number of nitrogens with two attached hydrogens (primary N) is 1. The number of aryl methyl sites for hydroxylation is 1. The Hall–Kier alpha value is -3.82. The predicted molar refractivity (Wildman–Crippen MR) is 165 cm³/mol. The maximum absolute atomic E-state index is 13.9. The van der Waals surface area contributed by atoms with Crippen LogP contribution in [0.3, 0.4) is 0 Å². The molecule has 4 heterocycles. The van der Waals surface area contributed by atoms with Crippen LogP contribution in [-0.4, -0.2) is 69.9 Å². The predicted octanol–water partition coefficient (Wildman–Crippen LogP) is 4.92. The van der Waals surface area contributed by atoms with Gasteiger partial charge in [-0.25, -0.2) is 8.78 Å². The molecule has 0 bridgehead atoms. The molecule has 2 spiro atoms. The number of nitrogens with zero attached hydrogens (tertiary/aromatic N) is 5. The van der Waals surface area contributed by atoms with Gasteiger partial charge in [-0.1, -0.05) is 11.2 Å². The SMILES string of the molecule is C[C@H](Oc1cc(O[C@@H]2CNC23CC(F)(F)C3)nc(-c2noc3c2CCC[C@@]32CCCc3ccc(N)c(C#N)c32)n1)[C@@H]1CCCN1C. The number of ether oxygens (including phenoxy) is 2. The van der Waals surface area contributed by atoms with Crippen LogP contribution in [0.1, 0.15) is 86.3 Å². The van der Waals surface area contributed by atoms with Crippen molar-refractivity contribution < 1.29 is 22.8 Å². The van der Waals surface area contributed by atoms with Crippen LogP contribution in [-0.2, 0) is 18.3 Å². The number of hydrogen-bond acceptors (Lipinski definition) is 10. The molecule has 46 heavy (non-hydrogen) atoms. The van der Waals surface area contributed by atoms with Gasteiger partial charge >= 0.3 is 0 Å². The number of nitrogens with one attached hydrogen (secondary N) is 1. The van der Waals surface area contributed by atoms with Crippen molar-refractivity contribution in [2.75, 3.05) is 25.9 Å². The Morgan fingerprint density at radius 2 is 1.93 bits per heavy atom. The standard InChI is InChI=1S/C34H39F2N7O3/c1-19(24-8-5-13-43(24)2)44-26-14-27(45-25-16-39-33(25)17-34(35,36)18-33)41-31(40-26)29-21-7-4-12-32(30(21)46-42-29)11-3-6-20-9-10-23(38)22(15-37)28(20)32/h9-10,14,19,24-25,39H,3-8,11-13,16-18,38H2,1-2H3/t19-,24-,25+,32+/m0/s1. The molecule has 12 heteroatoms. The first-order chi connectivity index (χ1) is 22.1. The van der Waals surface area contributed by atoms with E-state index >= 15 is 0 Å². The Labute approximate surface area is 266 Å². The van der Waals surface area contributed by atoms with Crippen LogP contribution in [0, 0.1) is 11.3 Å². The van der Waals surface area contributed by atoms with Crippen molar-refractivity contribution in [3.05, 3.63) is 46.2 Å². The van der Waals surface area contributed by atoms with Crippen molar-refractivity contribution in [2.45, 2.75) is 106 Å². The summed E-state index contributed by atoms with van der Waals surface area (Å²) in [5, 5.41) is 17.9. The van der Waals surface area contributed by atoms with Crippen molar-refractivity contribution in [2.24, 2.45) is 0 Å². The van der Waals surface area contributed by atoms with E-state index in [0.29, 0.717) is 41.6 Å². The highest BCUT2D eigenvalue weighted by Crippen LogP contribution is 2.54. The number of hydrogen-bond donors (Lipinski definition) is 2. The van der Waals surface area contributed by atoms with E-state index in [-0.39, 0.29) is 30.9 Å². The monoisotopic (exact) mass is 631 g/mol.